The van der Waals surface area contributed by atoms with Crippen LogP contribution in [0.3, 0.4) is 0 Å². The molecular formula is C11H20O. The fourth-order valence-electron chi connectivity index (χ4n) is 1.64. The van der Waals surface area contributed by atoms with E-state index in [-0.39, 0.29) is 0 Å². The Morgan fingerprint density at radius 3 is 2.58 bits per heavy atom. The van der Waals surface area contributed by atoms with Crippen molar-refractivity contribution in [1.29, 1.82) is 0 Å². The number of rotatable bonds is 6. The lowest BCUT2D eigenvalue weighted by Crippen LogP contribution is -2.03. The van der Waals surface area contributed by atoms with Crippen LogP contribution in [-0.4, -0.2) is 5.78 Å². The summed E-state index contributed by atoms with van der Waals surface area (Å²) in [5.74, 6) is 1.74. The van der Waals surface area contributed by atoms with Gasteiger partial charge >= 0.3 is 0 Å². The minimum absolute atomic E-state index is 0.471. The summed E-state index contributed by atoms with van der Waals surface area (Å²) in [6, 6.07) is 0. The van der Waals surface area contributed by atoms with Crippen molar-refractivity contribution in [3.8, 4) is 0 Å². The summed E-state index contributed by atoms with van der Waals surface area (Å²) in [5.41, 5.74) is 0. The quantitative estimate of drug-likeness (QED) is 0.595. The Balaban J connectivity index is 2.03. The molecule has 0 N–H and O–H groups in total. The molecule has 0 aromatic heterocycles. The molecule has 0 radical (unpaired) electrons. The van der Waals surface area contributed by atoms with Gasteiger partial charge < -0.3 is 0 Å². The van der Waals surface area contributed by atoms with Gasteiger partial charge in [0.25, 0.3) is 0 Å². The van der Waals surface area contributed by atoms with Crippen LogP contribution in [0.4, 0.5) is 0 Å². The van der Waals surface area contributed by atoms with E-state index >= 15 is 0 Å². The van der Waals surface area contributed by atoms with E-state index in [2.05, 4.69) is 13.8 Å². The standard InChI is InChI=1S/C11H20O/c1-3-4-9(2)5-8-11(12)10-6-7-10/h9-10H,3-8H2,1-2H3. The predicted molar refractivity (Wildman–Crippen MR) is 51.0 cm³/mol. The molecule has 1 nitrogen and oxygen atoms in total. The normalized spacial score (nSPS) is 19.2. The van der Waals surface area contributed by atoms with Gasteiger partial charge in [0.1, 0.15) is 5.78 Å². The highest BCUT2D eigenvalue weighted by molar-refractivity contribution is 5.83. The van der Waals surface area contributed by atoms with E-state index in [0.717, 1.165) is 18.8 Å². The lowest BCUT2D eigenvalue weighted by atomic mass is 9.98. The number of carbonyl (C=O) groups excluding carboxylic acids is 1. The third-order valence-corrected chi connectivity index (χ3v) is 2.70. The van der Waals surface area contributed by atoms with Crippen LogP contribution in [0, 0.1) is 11.8 Å². The molecule has 1 rings (SSSR count). The van der Waals surface area contributed by atoms with E-state index < -0.39 is 0 Å². The Bertz CT molecular complexity index is 147. The van der Waals surface area contributed by atoms with Crippen LogP contribution in [0.5, 0.6) is 0 Å². The summed E-state index contributed by atoms with van der Waals surface area (Å²) in [6.45, 7) is 4.46. The zero-order valence-corrected chi connectivity index (χ0v) is 8.31. The summed E-state index contributed by atoms with van der Waals surface area (Å²) in [6.07, 6.45) is 6.81. The van der Waals surface area contributed by atoms with Crippen molar-refractivity contribution >= 4 is 5.78 Å². The fourth-order valence-corrected chi connectivity index (χ4v) is 1.64. The highest BCUT2D eigenvalue weighted by Crippen LogP contribution is 2.31. The zero-order chi connectivity index (χ0) is 8.97. The molecular weight excluding hydrogens is 148 g/mol. The highest BCUT2D eigenvalue weighted by Gasteiger charge is 2.28. The van der Waals surface area contributed by atoms with E-state index in [1.807, 2.05) is 0 Å². The summed E-state index contributed by atoms with van der Waals surface area (Å²) in [7, 11) is 0. The lowest BCUT2D eigenvalue weighted by molar-refractivity contribution is -0.120. The zero-order valence-electron chi connectivity index (χ0n) is 8.31. The van der Waals surface area contributed by atoms with Gasteiger partial charge in [0, 0.05) is 12.3 Å². The first-order valence-corrected chi connectivity index (χ1v) is 5.26. The molecule has 0 saturated heterocycles. The molecule has 70 valence electrons. The molecule has 1 saturated carbocycles. The molecule has 1 atom stereocenters. The Hall–Kier alpha value is -0.330. The Kier molecular flexibility index (Phi) is 3.77. The molecule has 0 bridgehead atoms. The second-order valence-corrected chi connectivity index (χ2v) is 4.17. The van der Waals surface area contributed by atoms with Gasteiger partial charge in [-0.1, -0.05) is 26.7 Å². The number of ketones is 1. The van der Waals surface area contributed by atoms with Gasteiger partial charge in [-0.2, -0.15) is 0 Å². The van der Waals surface area contributed by atoms with Crippen molar-refractivity contribution in [2.45, 2.75) is 52.4 Å². The molecule has 0 aliphatic heterocycles. The second kappa shape index (κ2) is 4.64. The SMILES string of the molecule is CCCC(C)CCC(=O)C1CC1. The smallest absolute Gasteiger partial charge is 0.135 e. The molecule has 12 heavy (non-hydrogen) atoms. The third-order valence-electron chi connectivity index (χ3n) is 2.70. The number of hydrogen-bond donors (Lipinski definition) is 0. The van der Waals surface area contributed by atoms with Crippen LogP contribution in [0.25, 0.3) is 0 Å². The number of carbonyl (C=O) groups is 1. The van der Waals surface area contributed by atoms with Gasteiger partial charge in [0.15, 0.2) is 0 Å². The largest absolute Gasteiger partial charge is 0.299 e. The summed E-state index contributed by atoms with van der Waals surface area (Å²) in [4.78, 5) is 11.3. The van der Waals surface area contributed by atoms with Gasteiger partial charge in [-0.15, -0.1) is 0 Å². The van der Waals surface area contributed by atoms with Crippen molar-refractivity contribution < 1.29 is 4.79 Å². The second-order valence-electron chi connectivity index (χ2n) is 4.17. The first-order chi connectivity index (χ1) is 5.74. The topological polar surface area (TPSA) is 17.1 Å². The van der Waals surface area contributed by atoms with Crippen LogP contribution < -0.4 is 0 Å². The van der Waals surface area contributed by atoms with Crippen LogP contribution in [-0.2, 0) is 4.79 Å². The molecule has 1 unspecified atom stereocenters. The first-order valence-electron chi connectivity index (χ1n) is 5.26. The maximum Gasteiger partial charge on any atom is 0.135 e. The first kappa shape index (κ1) is 9.76. The molecule has 0 aromatic rings. The minimum atomic E-state index is 0.471. The van der Waals surface area contributed by atoms with Gasteiger partial charge in [-0.05, 0) is 25.2 Å². The maximum atomic E-state index is 11.3. The van der Waals surface area contributed by atoms with Crippen molar-refractivity contribution in [2.75, 3.05) is 0 Å². The van der Waals surface area contributed by atoms with Crippen molar-refractivity contribution in [3.05, 3.63) is 0 Å². The molecule has 0 aromatic carbocycles. The number of Topliss-reactive ketones (excluding diaryl/α,β-unsaturated/α-hetero) is 1. The minimum Gasteiger partial charge on any atom is -0.299 e. The van der Waals surface area contributed by atoms with E-state index in [4.69, 9.17) is 0 Å². The fraction of sp³-hybridized carbons (Fsp3) is 0.909. The van der Waals surface area contributed by atoms with E-state index in [0.29, 0.717) is 11.7 Å². The molecule has 1 aliphatic carbocycles. The Labute approximate surface area is 75.5 Å². The third kappa shape index (κ3) is 3.38. The van der Waals surface area contributed by atoms with Crippen LogP contribution in [0.15, 0.2) is 0 Å². The maximum absolute atomic E-state index is 11.3. The van der Waals surface area contributed by atoms with E-state index in [9.17, 15) is 4.79 Å². The molecule has 0 spiro atoms. The number of hydrogen-bond acceptors (Lipinski definition) is 1. The van der Waals surface area contributed by atoms with Gasteiger partial charge in [-0.25, -0.2) is 0 Å². The van der Waals surface area contributed by atoms with Crippen molar-refractivity contribution in [2.24, 2.45) is 11.8 Å². The van der Waals surface area contributed by atoms with E-state index in [1.54, 1.807) is 0 Å². The van der Waals surface area contributed by atoms with Crippen LogP contribution >= 0.6 is 0 Å². The van der Waals surface area contributed by atoms with Gasteiger partial charge in [0.2, 0.25) is 0 Å². The Morgan fingerprint density at radius 2 is 2.08 bits per heavy atom. The average molecular weight is 168 g/mol. The van der Waals surface area contributed by atoms with Crippen LogP contribution in [0.2, 0.25) is 0 Å². The van der Waals surface area contributed by atoms with Gasteiger partial charge in [0.05, 0.1) is 0 Å². The highest BCUT2D eigenvalue weighted by atomic mass is 16.1. The lowest BCUT2D eigenvalue weighted by Gasteiger charge is -2.07. The molecule has 1 aliphatic rings. The van der Waals surface area contributed by atoms with E-state index in [1.165, 1.54) is 25.7 Å². The van der Waals surface area contributed by atoms with Crippen LogP contribution in [0.1, 0.15) is 52.4 Å². The summed E-state index contributed by atoms with van der Waals surface area (Å²) < 4.78 is 0. The molecule has 0 heterocycles. The monoisotopic (exact) mass is 168 g/mol. The Morgan fingerprint density at radius 1 is 1.42 bits per heavy atom. The molecule has 1 heteroatoms. The predicted octanol–water partition coefficient (Wildman–Crippen LogP) is 3.18. The summed E-state index contributed by atoms with van der Waals surface area (Å²) in [5, 5.41) is 0. The van der Waals surface area contributed by atoms with Crippen molar-refractivity contribution in [3.63, 3.8) is 0 Å². The molecule has 0 amide bonds. The van der Waals surface area contributed by atoms with Crippen molar-refractivity contribution in [1.82, 2.24) is 0 Å². The average Bonchev–Trinajstić information content (AvgIpc) is 2.83. The summed E-state index contributed by atoms with van der Waals surface area (Å²) >= 11 is 0. The van der Waals surface area contributed by atoms with Gasteiger partial charge in [-0.3, -0.25) is 4.79 Å². The molecule has 1 fully saturated rings.